The van der Waals surface area contributed by atoms with Crippen LogP contribution in [-0.4, -0.2) is 13.1 Å². The SMILES string of the molecule is COc1ccc(Br)c(COC(=O)c2cc(N)ccc2Br)c1. The van der Waals surface area contributed by atoms with Crippen molar-refractivity contribution in [2.75, 3.05) is 12.8 Å². The van der Waals surface area contributed by atoms with E-state index in [1.54, 1.807) is 25.3 Å². The number of halogens is 2. The quantitative estimate of drug-likeness (QED) is 0.602. The van der Waals surface area contributed by atoms with Gasteiger partial charge in [-0.05, 0) is 52.3 Å². The third-order valence-corrected chi connectivity index (χ3v) is 4.29. The average molecular weight is 415 g/mol. The van der Waals surface area contributed by atoms with Crippen molar-refractivity contribution in [3.8, 4) is 5.75 Å². The van der Waals surface area contributed by atoms with Crippen LogP contribution >= 0.6 is 31.9 Å². The summed E-state index contributed by atoms with van der Waals surface area (Å²) in [5.41, 5.74) is 7.41. The fourth-order valence-electron chi connectivity index (χ4n) is 1.71. The Balaban J connectivity index is 2.12. The van der Waals surface area contributed by atoms with Crippen LogP contribution in [0, 0.1) is 0 Å². The highest BCUT2D eigenvalue weighted by atomic mass is 79.9. The number of rotatable bonds is 4. The molecule has 0 aliphatic rings. The normalized spacial score (nSPS) is 10.2. The van der Waals surface area contributed by atoms with Crippen molar-refractivity contribution in [2.24, 2.45) is 0 Å². The van der Waals surface area contributed by atoms with Gasteiger partial charge in [0, 0.05) is 20.2 Å². The lowest BCUT2D eigenvalue weighted by molar-refractivity contribution is 0.0470. The minimum Gasteiger partial charge on any atom is -0.497 e. The molecular formula is C15H13Br2NO3. The molecule has 0 saturated carbocycles. The predicted octanol–water partition coefficient (Wildman–Crippen LogP) is 4.16. The maximum Gasteiger partial charge on any atom is 0.339 e. The van der Waals surface area contributed by atoms with Gasteiger partial charge < -0.3 is 15.2 Å². The zero-order chi connectivity index (χ0) is 15.4. The Hall–Kier alpha value is -1.53. The van der Waals surface area contributed by atoms with E-state index in [2.05, 4.69) is 31.9 Å². The van der Waals surface area contributed by atoms with Gasteiger partial charge in [-0.25, -0.2) is 4.79 Å². The van der Waals surface area contributed by atoms with E-state index in [0.29, 0.717) is 21.5 Å². The third-order valence-electron chi connectivity index (χ3n) is 2.82. The molecule has 0 aliphatic heterocycles. The zero-order valence-electron chi connectivity index (χ0n) is 11.2. The number of carbonyl (C=O) groups is 1. The second kappa shape index (κ2) is 6.95. The fraction of sp³-hybridized carbons (Fsp3) is 0.133. The van der Waals surface area contributed by atoms with Gasteiger partial charge in [0.05, 0.1) is 12.7 Å². The van der Waals surface area contributed by atoms with Crippen molar-refractivity contribution >= 4 is 43.5 Å². The van der Waals surface area contributed by atoms with Gasteiger partial charge in [-0.2, -0.15) is 0 Å². The number of esters is 1. The van der Waals surface area contributed by atoms with E-state index in [-0.39, 0.29) is 6.61 Å². The number of benzene rings is 2. The number of carbonyl (C=O) groups excluding carboxylic acids is 1. The van der Waals surface area contributed by atoms with Crippen molar-refractivity contribution in [1.82, 2.24) is 0 Å². The van der Waals surface area contributed by atoms with Gasteiger partial charge >= 0.3 is 5.97 Å². The Bertz CT molecular complexity index is 674. The lowest BCUT2D eigenvalue weighted by atomic mass is 10.2. The van der Waals surface area contributed by atoms with Crippen LogP contribution in [0.4, 0.5) is 5.69 Å². The molecule has 0 amide bonds. The van der Waals surface area contributed by atoms with Crippen molar-refractivity contribution in [2.45, 2.75) is 6.61 Å². The topological polar surface area (TPSA) is 61.5 Å². The molecule has 0 radical (unpaired) electrons. The van der Waals surface area contributed by atoms with Gasteiger partial charge in [0.15, 0.2) is 0 Å². The number of nitrogens with two attached hydrogens (primary N) is 1. The van der Waals surface area contributed by atoms with E-state index in [0.717, 1.165) is 10.0 Å². The van der Waals surface area contributed by atoms with Gasteiger partial charge in [0.25, 0.3) is 0 Å². The molecule has 0 bridgehead atoms. The molecule has 2 aromatic carbocycles. The zero-order valence-corrected chi connectivity index (χ0v) is 14.4. The molecule has 0 spiro atoms. The van der Waals surface area contributed by atoms with E-state index in [1.807, 2.05) is 18.2 Å². The number of hydrogen-bond donors (Lipinski definition) is 1. The molecule has 21 heavy (non-hydrogen) atoms. The van der Waals surface area contributed by atoms with Crippen molar-refractivity contribution in [3.05, 3.63) is 56.5 Å². The van der Waals surface area contributed by atoms with Gasteiger partial charge in [0.2, 0.25) is 0 Å². The average Bonchev–Trinajstić information content (AvgIpc) is 2.48. The Morgan fingerprint density at radius 3 is 2.57 bits per heavy atom. The molecule has 0 heterocycles. The molecule has 4 nitrogen and oxygen atoms in total. The first kappa shape index (κ1) is 15.9. The molecule has 110 valence electrons. The van der Waals surface area contributed by atoms with Crippen LogP contribution in [0.1, 0.15) is 15.9 Å². The van der Waals surface area contributed by atoms with Crippen molar-refractivity contribution < 1.29 is 14.3 Å². The number of methoxy groups -OCH3 is 1. The standard InChI is InChI=1S/C15H13Br2NO3/c1-20-11-3-5-13(16)9(6-11)8-21-15(19)12-7-10(18)2-4-14(12)17/h2-7H,8,18H2,1H3. The lowest BCUT2D eigenvalue weighted by Crippen LogP contribution is -2.07. The van der Waals surface area contributed by atoms with Crippen LogP contribution in [0.2, 0.25) is 0 Å². The van der Waals surface area contributed by atoms with Crippen LogP contribution < -0.4 is 10.5 Å². The summed E-state index contributed by atoms with van der Waals surface area (Å²) in [7, 11) is 1.59. The van der Waals surface area contributed by atoms with Gasteiger partial charge in [-0.1, -0.05) is 15.9 Å². The molecule has 2 rings (SSSR count). The van der Waals surface area contributed by atoms with E-state index in [1.165, 1.54) is 0 Å². The van der Waals surface area contributed by atoms with Gasteiger partial charge in [-0.3, -0.25) is 0 Å². The number of ether oxygens (including phenoxy) is 2. The first-order valence-corrected chi connectivity index (χ1v) is 7.64. The summed E-state index contributed by atoms with van der Waals surface area (Å²) < 4.78 is 12.0. The summed E-state index contributed by atoms with van der Waals surface area (Å²) in [4.78, 5) is 12.1. The summed E-state index contributed by atoms with van der Waals surface area (Å²) in [5, 5.41) is 0. The second-order valence-corrected chi connectivity index (χ2v) is 5.98. The van der Waals surface area contributed by atoms with E-state index >= 15 is 0 Å². The minimum atomic E-state index is -0.441. The maximum atomic E-state index is 12.1. The first-order chi connectivity index (χ1) is 10.0. The third kappa shape index (κ3) is 3.98. The molecule has 0 fully saturated rings. The Labute approximate surface area is 139 Å². The smallest absolute Gasteiger partial charge is 0.339 e. The predicted molar refractivity (Wildman–Crippen MR) is 88.4 cm³/mol. The molecule has 0 saturated heterocycles. The Morgan fingerprint density at radius 2 is 1.86 bits per heavy atom. The van der Waals surface area contributed by atoms with Crippen LogP contribution in [0.3, 0.4) is 0 Å². The van der Waals surface area contributed by atoms with E-state index < -0.39 is 5.97 Å². The lowest BCUT2D eigenvalue weighted by Gasteiger charge is -2.10. The second-order valence-electron chi connectivity index (χ2n) is 4.27. The van der Waals surface area contributed by atoms with Gasteiger partial charge in [-0.15, -0.1) is 0 Å². The van der Waals surface area contributed by atoms with Crippen LogP contribution in [0.25, 0.3) is 0 Å². The van der Waals surface area contributed by atoms with Crippen LogP contribution in [-0.2, 0) is 11.3 Å². The first-order valence-electron chi connectivity index (χ1n) is 6.06. The minimum absolute atomic E-state index is 0.137. The molecule has 6 heteroatoms. The fourth-order valence-corrected chi connectivity index (χ4v) is 2.48. The highest BCUT2D eigenvalue weighted by molar-refractivity contribution is 9.10. The van der Waals surface area contributed by atoms with E-state index in [4.69, 9.17) is 15.2 Å². The number of anilines is 1. The molecule has 0 atom stereocenters. The monoisotopic (exact) mass is 413 g/mol. The van der Waals surface area contributed by atoms with Crippen LogP contribution in [0.5, 0.6) is 5.75 Å². The summed E-state index contributed by atoms with van der Waals surface area (Å²) in [5.74, 6) is 0.262. The van der Waals surface area contributed by atoms with Crippen molar-refractivity contribution in [1.29, 1.82) is 0 Å². The Morgan fingerprint density at radius 1 is 1.14 bits per heavy atom. The summed E-state index contributed by atoms with van der Waals surface area (Å²) >= 11 is 6.72. The number of hydrogen-bond acceptors (Lipinski definition) is 4. The Kier molecular flexibility index (Phi) is 5.25. The highest BCUT2D eigenvalue weighted by Gasteiger charge is 2.13. The molecule has 0 aromatic heterocycles. The van der Waals surface area contributed by atoms with Gasteiger partial charge in [0.1, 0.15) is 12.4 Å². The summed E-state index contributed by atoms with van der Waals surface area (Å²) in [6, 6.07) is 10.5. The molecule has 2 aromatic rings. The maximum absolute atomic E-state index is 12.1. The number of nitrogen functional groups attached to an aromatic ring is 1. The molecule has 0 unspecified atom stereocenters. The molecule has 2 N–H and O–H groups in total. The van der Waals surface area contributed by atoms with Crippen molar-refractivity contribution in [3.63, 3.8) is 0 Å². The highest BCUT2D eigenvalue weighted by Crippen LogP contribution is 2.25. The summed E-state index contributed by atoms with van der Waals surface area (Å²) in [6.45, 7) is 0.137. The largest absolute Gasteiger partial charge is 0.497 e. The van der Waals surface area contributed by atoms with Crippen LogP contribution in [0.15, 0.2) is 45.3 Å². The van der Waals surface area contributed by atoms with E-state index in [9.17, 15) is 4.79 Å². The summed E-state index contributed by atoms with van der Waals surface area (Å²) in [6.07, 6.45) is 0. The molecule has 0 aliphatic carbocycles. The molecular weight excluding hydrogens is 402 g/mol.